The third-order valence-electron chi connectivity index (χ3n) is 4.81. The van der Waals surface area contributed by atoms with Crippen molar-refractivity contribution in [2.45, 2.75) is 12.6 Å². The fourth-order valence-corrected chi connectivity index (χ4v) is 3.72. The van der Waals surface area contributed by atoms with Gasteiger partial charge in [0.05, 0.1) is 11.4 Å². The Hall–Kier alpha value is -3.03. The molecule has 2 aromatic rings. The predicted octanol–water partition coefficient (Wildman–Crippen LogP) is 3.30. The van der Waals surface area contributed by atoms with Crippen molar-refractivity contribution < 1.29 is 4.79 Å². The van der Waals surface area contributed by atoms with Gasteiger partial charge in [-0.15, -0.1) is 0 Å². The number of aliphatic imine (C=N–C) groups is 2. The summed E-state index contributed by atoms with van der Waals surface area (Å²) in [6.45, 7) is 0.707. The van der Waals surface area contributed by atoms with Gasteiger partial charge in [0.15, 0.2) is 5.11 Å². The molecule has 2 aromatic carbocycles. The molecule has 0 fully saturated rings. The number of anilines is 1. The molecule has 1 atom stereocenters. The molecule has 0 spiro atoms. The Morgan fingerprint density at radius 1 is 1.23 bits per heavy atom. The second-order valence-electron chi connectivity index (χ2n) is 6.86. The van der Waals surface area contributed by atoms with E-state index in [9.17, 15) is 4.79 Å². The van der Waals surface area contributed by atoms with Crippen LogP contribution in [0.5, 0.6) is 0 Å². The van der Waals surface area contributed by atoms with Crippen LogP contribution in [0.1, 0.15) is 17.5 Å². The molecule has 0 radical (unpaired) electrons. The van der Waals surface area contributed by atoms with E-state index in [0.29, 0.717) is 23.1 Å². The Kier molecular flexibility index (Phi) is 5.92. The Morgan fingerprint density at radius 3 is 2.77 bits per heavy atom. The Bertz CT molecular complexity index is 1080. The van der Waals surface area contributed by atoms with Gasteiger partial charge in [0, 0.05) is 29.7 Å². The Balaban J connectivity index is 1.71. The van der Waals surface area contributed by atoms with Gasteiger partial charge in [-0.05, 0) is 42.9 Å². The van der Waals surface area contributed by atoms with E-state index in [1.807, 2.05) is 54.6 Å². The number of benzodiazepines with no additional fused rings is 1. The molecule has 8 heteroatoms. The van der Waals surface area contributed by atoms with Crippen molar-refractivity contribution in [2.75, 3.05) is 18.5 Å². The number of likely N-dealkylation sites (N-methyl/N-ethyl adjacent to an activating group) is 1. The molecule has 2 N–H and O–H groups in total. The second-order valence-corrected chi connectivity index (χ2v) is 7.71. The van der Waals surface area contributed by atoms with Crippen molar-refractivity contribution >= 4 is 52.1 Å². The summed E-state index contributed by atoms with van der Waals surface area (Å²) in [6, 6.07) is 15.1. The molecular weight excluding hydrogens is 418 g/mol. The van der Waals surface area contributed by atoms with E-state index in [4.69, 9.17) is 28.8 Å². The van der Waals surface area contributed by atoms with Gasteiger partial charge in [0.1, 0.15) is 5.84 Å². The van der Waals surface area contributed by atoms with Crippen molar-refractivity contribution in [1.82, 2.24) is 10.6 Å². The topological polar surface area (TPSA) is 69.1 Å². The maximum atomic E-state index is 13.2. The molecule has 6 nitrogen and oxygen atoms in total. The van der Waals surface area contributed by atoms with Crippen molar-refractivity contribution in [1.29, 1.82) is 0 Å². The number of fused-ring (bicyclic) bond motifs is 1. The lowest BCUT2D eigenvalue weighted by atomic mass is 10.0. The van der Waals surface area contributed by atoms with Crippen LogP contribution in [0.25, 0.3) is 0 Å². The number of hydrogen-bond donors (Lipinski definition) is 2. The highest BCUT2D eigenvalue weighted by molar-refractivity contribution is 7.80. The summed E-state index contributed by atoms with van der Waals surface area (Å²) in [5.74, 6) is 0.435. The number of thiocarbonyl (C=S) groups is 1. The van der Waals surface area contributed by atoms with Crippen molar-refractivity contribution in [2.24, 2.45) is 9.98 Å². The number of carbonyl (C=O) groups is 1. The van der Waals surface area contributed by atoms with E-state index < -0.39 is 6.17 Å². The van der Waals surface area contributed by atoms with E-state index in [1.54, 1.807) is 18.0 Å². The number of carbonyl (C=O) groups excluding carboxylic acids is 1. The first-order chi connectivity index (χ1) is 14.5. The minimum absolute atomic E-state index is 0.227. The maximum Gasteiger partial charge on any atom is 0.272 e. The number of benzene rings is 2. The quantitative estimate of drug-likeness (QED) is 0.707. The molecule has 0 bridgehead atoms. The summed E-state index contributed by atoms with van der Waals surface area (Å²) >= 11 is 11.7. The molecule has 30 heavy (non-hydrogen) atoms. The highest BCUT2D eigenvalue weighted by Crippen LogP contribution is 2.29. The predicted molar refractivity (Wildman–Crippen MR) is 126 cm³/mol. The summed E-state index contributed by atoms with van der Waals surface area (Å²) in [5, 5.41) is 6.92. The fraction of sp³-hybridized carbons (Fsp3) is 0.182. The lowest BCUT2D eigenvalue weighted by Gasteiger charge is -2.22. The number of nitrogens with zero attached hydrogens (tertiary/aromatic N) is 3. The van der Waals surface area contributed by atoms with Gasteiger partial charge in [-0.25, -0.2) is 4.99 Å². The van der Waals surface area contributed by atoms with Gasteiger partial charge < -0.3 is 15.5 Å². The normalized spacial score (nSPS) is 18.1. The van der Waals surface area contributed by atoms with E-state index in [0.717, 1.165) is 23.2 Å². The molecule has 0 saturated carbocycles. The fourth-order valence-electron chi connectivity index (χ4n) is 3.33. The summed E-state index contributed by atoms with van der Waals surface area (Å²) in [5.41, 5.74) is 3.07. The third-order valence-corrected chi connectivity index (χ3v) is 5.26. The minimum atomic E-state index is -0.899. The number of dihydropyridines is 1. The van der Waals surface area contributed by atoms with E-state index in [1.165, 1.54) is 0 Å². The molecule has 0 aromatic heterocycles. The summed E-state index contributed by atoms with van der Waals surface area (Å²) in [4.78, 5) is 23.9. The van der Waals surface area contributed by atoms with Gasteiger partial charge in [-0.2, -0.15) is 0 Å². The first-order valence-corrected chi connectivity index (χ1v) is 10.3. The zero-order chi connectivity index (χ0) is 21.1. The number of halogens is 1. The lowest BCUT2D eigenvalue weighted by Crippen LogP contribution is -2.50. The number of hydrogen-bond acceptors (Lipinski definition) is 4. The SMILES string of the molecule is CN1C(=O)C(NC(=S)NC2=NCCC=C2)N=C(c2ccccc2)c2cc(Cl)ccc21. The van der Waals surface area contributed by atoms with Gasteiger partial charge in [0.25, 0.3) is 5.91 Å². The average Bonchev–Trinajstić information content (AvgIpc) is 2.85. The maximum absolute atomic E-state index is 13.2. The highest BCUT2D eigenvalue weighted by Gasteiger charge is 2.30. The zero-order valence-corrected chi connectivity index (χ0v) is 17.9. The molecule has 4 rings (SSSR count). The van der Waals surface area contributed by atoms with Crippen LogP contribution in [0.2, 0.25) is 5.02 Å². The van der Waals surface area contributed by atoms with Crippen LogP contribution < -0.4 is 15.5 Å². The molecule has 152 valence electrons. The van der Waals surface area contributed by atoms with Crippen LogP contribution >= 0.6 is 23.8 Å². The van der Waals surface area contributed by atoms with Gasteiger partial charge >= 0.3 is 0 Å². The molecular formula is C22H20ClN5OS. The standard InChI is InChI=1S/C22H20ClN5OS/c1-28-17-11-10-15(23)13-16(17)19(14-7-3-2-4-8-14)26-20(21(28)29)27-22(30)25-18-9-5-6-12-24-18/h2-5,7-11,13,20H,6,12H2,1H3,(H2,24,25,27,30). The Labute approximate surface area is 185 Å². The smallest absolute Gasteiger partial charge is 0.272 e. The number of amidine groups is 1. The van der Waals surface area contributed by atoms with Gasteiger partial charge in [0.2, 0.25) is 6.17 Å². The van der Waals surface area contributed by atoms with Crippen LogP contribution in [0.15, 0.2) is 70.7 Å². The van der Waals surface area contributed by atoms with E-state index >= 15 is 0 Å². The molecule has 0 aliphatic carbocycles. The summed E-state index contributed by atoms with van der Waals surface area (Å²) in [6.07, 6.45) is 3.90. The minimum Gasteiger partial charge on any atom is -0.333 e. The number of nitrogens with one attached hydrogen (secondary N) is 2. The molecule has 2 aliphatic rings. The average molecular weight is 438 g/mol. The first kappa shape index (κ1) is 20.3. The zero-order valence-electron chi connectivity index (χ0n) is 16.3. The number of rotatable bonds is 2. The van der Waals surface area contributed by atoms with Crippen LogP contribution in [0.4, 0.5) is 5.69 Å². The molecule has 2 heterocycles. The van der Waals surface area contributed by atoms with Crippen LogP contribution in [-0.2, 0) is 4.79 Å². The summed E-state index contributed by atoms with van der Waals surface area (Å²) in [7, 11) is 1.72. The molecule has 2 aliphatic heterocycles. The van der Waals surface area contributed by atoms with Crippen molar-refractivity contribution in [3.05, 3.63) is 76.8 Å². The molecule has 1 amide bonds. The second kappa shape index (κ2) is 8.77. The molecule has 0 saturated heterocycles. The summed E-state index contributed by atoms with van der Waals surface area (Å²) < 4.78 is 0. The van der Waals surface area contributed by atoms with Crippen LogP contribution in [0.3, 0.4) is 0 Å². The van der Waals surface area contributed by atoms with Crippen molar-refractivity contribution in [3.8, 4) is 0 Å². The lowest BCUT2D eigenvalue weighted by molar-refractivity contribution is -0.119. The Morgan fingerprint density at radius 2 is 2.03 bits per heavy atom. The monoisotopic (exact) mass is 437 g/mol. The molecule has 1 unspecified atom stereocenters. The van der Waals surface area contributed by atoms with Crippen LogP contribution in [-0.4, -0.2) is 42.3 Å². The van der Waals surface area contributed by atoms with Gasteiger partial charge in [-0.3, -0.25) is 9.79 Å². The third kappa shape index (κ3) is 4.27. The highest BCUT2D eigenvalue weighted by atomic mass is 35.5. The first-order valence-electron chi connectivity index (χ1n) is 9.52. The number of amides is 1. The van der Waals surface area contributed by atoms with Crippen LogP contribution in [0, 0.1) is 0 Å². The van der Waals surface area contributed by atoms with Crippen molar-refractivity contribution in [3.63, 3.8) is 0 Å². The van der Waals surface area contributed by atoms with Gasteiger partial charge in [-0.1, -0.05) is 48.0 Å². The van der Waals surface area contributed by atoms with E-state index in [-0.39, 0.29) is 11.0 Å². The van der Waals surface area contributed by atoms with E-state index in [2.05, 4.69) is 15.6 Å². The largest absolute Gasteiger partial charge is 0.333 e.